The Bertz CT molecular complexity index is 517. The minimum absolute atomic E-state index is 0.0342. The third-order valence-electron chi connectivity index (χ3n) is 3.30. The second kappa shape index (κ2) is 6.16. The van der Waals surface area contributed by atoms with Crippen LogP contribution in [0.3, 0.4) is 0 Å². The molecule has 5 heteroatoms. The van der Waals surface area contributed by atoms with Crippen molar-refractivity contribution in [2.24, 2.45) is 0 Å². The van der Waals surface area contributed by atoms with Gasteiger partial charge in [0, 0.05) is 22.9 Å². The molecule has 20 heavy (non-hydrogen) atoms. The number of ether oxygens (including phenoxy) is 1. The number of alkyl halides is 1. The molecule has 0 spiro atoms. The van der Waals surface area contributed by atoms with Gasteiger partial charge in [-0.05, 0) is 54.4 Å². The van der Waals surface area contributed by atoms with E-state index in [9.17, 15) is 4.79 Å². The molecule has 2 rings (SSSR count). The summed E-state index contributed by atoms with van der Waals surface area (Å²) in [5, 5.41) is 0.731. The van der Waals surface area contributed by atoms with E-state index in [2.05, 4.69) is 31.9 Å². The lowest BCUT2D eigenvalue weighted by Gasteiger charge is -2.42. The first-order valence-electron chi connectivity index (χ1n) is 6.61. The Morgan fingerprint density at radius 1 is 1.50 bits per heavy atom. The molecule has 0 N–H and O–H groups in total. The zero-order chi connectivity index (χ0) is 14.9. The summed E-state index contributed by atoms with van der Waals surface area (Å²) in [7, 11) is 0. The second-order valence-corrected chi connectivity index (χ2v) is 7.32. The number of nitrogens with zero attached hydrogens (tertiary/aromatic N) is 1. The molecule has 0 aromatic heterocycles. The number of aryl methyl sites for hydroxylation is 1. The number of carbonyl (C=O) groups is 1. The Labute approximate surface area is 136 Å². The van der Waals surface area contributed by atoms with Gasteiger partial charge in [-0.25, -0.2) is 0 Å². The zero-order valence-electron chi connectivity index (χ0n) is 12.0. The number of hydrogen-bond acceptors (Lipinski definition) is 2. The summed E-state index contributed by atoms with van der Waals surface area (Å²) in [6.45, 7) is 7.28. The van der Waals surface area contributed by atoms with Crippen molar-refractivity contribution in [1.29, 1.82) is 0 Å². The normalized spacial score (nSPS) is 21.9. The molecule has 1 aliphatic rings. The van der Waals surface area contributed by atoms with E-state index in [1.165, 1.54) is 0 Å². The van der Waals surface area contributed by atoms with Crippen LogP contribution >= 0.6 is 31.9 Å². The summed E-state index contributed by atoms with van der Waals surface area (Å²) in [5.41, 5.74) is 1.53. The predicted octanol–water partition coefficient (Wildman–Crippen LogP) is 3.77. The van der Waals surface area contributed by atoms with Crippen molar-refractivity contribution in [3.05, 3.63) is 33.8 Å². The highest BCUT2D eigenvalue weighted by Gasteiger charge is 2.35. The summed E-state index contributed by atoms with van der Waals surface area (Å²) in [6, 6.07) is 5.82. The van der Waals surface area contributed by atoms with Crippen LogP contribution in [0, 0.1) is 6.92 Å². The molecule has 0 saturated carbocycles. The van der Waals surface area contributed by atoms with Crippen LogP contribution in [0.2, 0.25) is 0 Å². The summed E-state index contributed by atoms with van der Waals surface area (Å²) in [5.74, 6) is 0.0548. The van der Waals surface area contributed by atoms with E-state index < -0.39 is 0 Å². The highest BCUT2D eigenvalue weighted by molar-refractivity contribution is 9.10. The topological polar surface area (TPSA) is 29.5 Å². The van der Waals surface area contributed by atoms with Gasteiger partial charge < -0.3 is 9.64 Å². The summed E-state index contributed by atoms with van der Waals surface area (Å²) >= 11 is 6.93. The molecule has 1 unspecified atom stereocenters. The van der Waals surface area contributed by atoms with Gasteiger partial charge in [0.25, 0.3) is 5.91 Å². The maximum Gasteiger partial charge on any atom is 0.255 e. The van der Waals surface area contributed by atoms with E-state index in [4.69, 9.17) is 4.74 Å². The van der Waals surface area contributed by atoms with E-state index >= 15 is 0 Å². The van der Waals surface area contributed by atoms with Gasteiger partial charge in [-0.2, -0.15) is 0 Å². The van der Waals surface area contributed by atoms with Crippen LogP contribution in [0.25, 0.3) is 0 Å². The van der Waals surface area contributed by atoms with Crippen molar-refractivity contribution in [3.8, 4) is 0 Å². The summed E-state index contributed by atoms with van der Waals surface area (Å²) in [6.07, 6.45) is 0.0342. The Morgan fingerprint density at radius 2 is 2.20 bits per heavy atom. The van der Waals surface area contributed by atoms with E-state index in [0.29, 0.717) is 18.7 Å². The van der Waals surface area contributed by atoms with Crippen molar-refractivity contribution in [2.45, 2.75) is 32.5 Å². The largest absolute Gasteiger partial charge is 0.368 e. The third-order valence-corrected chi connectivity index (χ3v) is 4.67. The molecule has 1 amide bonds. The van der Waals surface area contributed by atoms with Crippen LogP contribution < -0.4 is 0 Å². The van der Waals surface area contributed by atoms with Gasteiger partial charge in [-0.1, -0.05) is 22.0 Å². The monoisotopic (exact) mass is 403 g/mol. The third kappa shape index (κ3) is 3.62. The molecule has 110 valence electrons. The average molecular weight is 405 g/mol. The van der Waals surface area contributed by atoms with Gasteiger partial charge in [-0.15, -0.1) is 0 Å². The highest BCUT2D eigenvalue weighted by atomic mass is 79.9. The van der Waals surface area contributed by atoms with Gasteiger partial charge in [0.05, 0.1) is 17.3 Å². The van der Waals surface area contributed by atoms with E-state index in [1.54, 1.807) is 0 Å². The summed E-state index contributed by atoms with van der Waals surface area (Å²) in [4.78, 5) is 14.6. The van der Waals surface area contributed by atoms with Crippen LogP contribution in [-0.4, -0.2) is 40.9 Å². The minimum Gasteiger partial charge on any atom is -0.368 e. The predicted molar refractivity (Wildman–Crippen MR) is 87.5 cm³/mol. The van der Waals surface area contributed by atoms with Crippen molar-refractivity contribution in [3.63, 3.8) is 0 Å². The van der Waals surface area contributed by atoms with Crippen LogP contribution in [0.5, 0.6) is 0 Å². The Hall–Kier alpha value is -0.390. The first kappa shape index (κ1) is 16.0. The first-order chi connectivity index (χ1) is 9.32. The van der Waals surface area contributed by atoms with Crippen molar-refractivity contribution in [2.75, 3.05) is 18.4 Å². The van der Waals surface area contributed by atoms with E-state index in [0.717, 1.165) is 15.4 Å². The van der Waals surface area contributed by atoms with Crippen molar-refractivity contribution >= 4 is 37.8 Å². The van der Waals surface area contributed by atoms with Crippen LogP contribution in [-0.2, 0) is 4.74 Å². The fourth-order valence-corrected chi connectivity index (χ4v) is 3.49. The highest BCUT2D eigenvalue weighted by Crippen LogP contribution is 2.26. The molecule has 3 nitrogen and oxygen atoms in total. The second-order valence-electron chi connectivity index (χ2n) is 5.82. The standard InChI is InChI=1S/C15H19Br2NO2/c1-10-4-5-12(13(17)6-10)14(19)18-8-11(7-16)20-15(2,3)9-18/h4-6,11H,7-9H2,1-3H3. The molecule has 0 aliphatic carbocycles. The summed E-state index contributed by atoms with van der Waals surface area (Å²) < 4.78 is 6.79. The van der Waals surface area contributed by atoms with Gasteiger partial charge in [-0.3, -0.25) is 4.79 Å². The van der Waals surface area contributed by atoms with Crippen molar-refractivity contribution < 1.29 is 9.53 Å². The lowest BCUT2D eigenvalue weighted by Crippen LogP contribution is -2.55. The average Bonchev–Trinajstić information content (AvgIpc) is 2.36. The van der Waals surface area contributed by atoms with Gasteiger partial charge in [0.1, 0.15) is 0 Å². The number of hydrogen-bond donors (Lipinski definition) is 0. The molecule has 1 atom stereocenters. The number of rotatable bonds is 2. The molecule has 1 aromatic carbocycles. The molecule has 0 bridgehead atoms. The quantitative estimate of drug-likeness (QED) is 0.702. The molecule has 1 fully saturated rings. The number of amides is 1. The minimum atomic E-state index is -0.316. The zero-order valence-corrected chi connectivity index (χ0v) is 15.1. The Morgan fingerprint density at radius 3 is 2.80 bits per heavy atom. The number of morpholine rings is 1. The number of benzene rings is 1. The molecule has 1 saturated heterocycles. The van der Waals surface area contributed by atoms with Crippen LogP contribution in [0.4, 0.5) is 0 Å². The van der Waals surface area contributed by atoms with Gasteiger partial charge in [0.2, 0.25) is 0 Å². The number of halogens is 2. The van der Waals surface area contributed by atoms with Crippen molar-refractivity contribution in [1.82, 2.24) is 4.90 Å². The molecular weight excluding hydrogens is 386 g/mol. The van der Waals surface area contributed by atoms with Crippen LogP contribution in [0.1, 0.15) is 29.8 Å². The van der Waals surface area contributed by atoms with E-state index in [-0.39, 0.29) is 17.6 Å². The molecule has 1 aromatic rings. The smallest absolute Gasteiger partial charge is 0.255 e. The van der Waals surface area contributed by atoms with Gasteiger partial charge >= 0.3 is 0 Å². The fraction of sp³-hybridized carbons (Fsp3) is 0.533. The Kier molecular flexibility index (Phi) is 4.92. The molecular formula is C15H19Br2NO2. The molecule has 1 heterocycles. The SMILES string of the molecule is Cc1ccc(C(=O)N2CC(CBr)OC(C)(C)C2)c(Br)c1. The fourth-order valence-electron chi connectivity index (χ4n) is 2.49. The lowest BCUT2D eigenvalue weighted by molar-refractivity contribution is -0.116. The molecule has 0 radical (unpaired) electrons. The van der Waals surface area contributed by atoms with Crippen LogP contribution in [0.15, 0.2) is 22.7 Å². The first-order valence-corrected chi connectivity index (χ1v) is 8.53. The maximum atomic E-state index is 12.7. The van der Waals surface area contributed by atoms with Gasteiger partial charge in [0.15, 0.2) is 0 Å². The lowest BCUT2D eigenvalue weighted by atomic mass is 10.0. The molecule has 1 aliphatic heterocycles. The number of carbonyl (C=O) groups excluding carboxylic acids is 1. The van der Waals surface area contributed by atoms with E-state index in [1.807, 2.05) is 43.9 Å². The Balaban J connectivity index is 2.23. The maximum absolute atomic E-state index is 12.7.